The molecule has 0 bridgehead atoms. The van der Waals surface area contributed by atoms with E-state index in [0.29, 0.717) is 18.7 Å². The van der Waals surface area contributed by atoms with Crippen LogP contribution in [0.15, 0.2) is 18.3 Å². The van der Waals surface area contributed by atoms with Crippen molar-refractivity contribution in [3.05, 3.63) is 28.4 Å². The Balaban J connectivity index is 1.89. The largest absolute Gasteiger partial charge is 0.382 e. The Hall–Kier alpha value is -1.70. The predicted octanol–water partition coefficient (Wildman–Crippen LogP) is 0.836. The lowest BCUT2D eigenvalue weighted by Crippen LogP contribution is -2.15. The number of anilines is 1. The molecule has 0 aliphatic carbocycles. The first-order valence-electron chi connectivity index (χ1n) is 5.51. The van der Waals surface area contributed by atoms with Crippen molar-refractivity contribution < 1.29 is 13.3 Å². The quantitative estimate of drug-likeness (QED) is 0.643. The second-order valence-corrected chi connectivity index (χ2v) is 6.54. The second-order valence-electron chi connectivity index (χ2n) is 4.31. The molecule has 0 amide bonds. The van der Waals surface area contributed by atoms with Crippen molar-refractivity contribution >= 4 is 21.3 Å². The molecule has 1 unspecified atom stereocenters. The van der Waals surface area contributed by atoms with Crippen LogP contribution in [0.25, 0.3) is 0 Å². The molecule has 2 rings (SSSR count). The number of aromatic nitrogens is 1. The van der Waals surface area contributed by atoms with Crippen molar-refractivity contribution in [1.29, 1.82) is 0 Å². The SMILES string of the molecule is O=[N+]([O-])c1ccc(NCC2CCS(=O)(=O)C2)cn1. The van der Waals surface area contributed by atoms with Gasteiger partial charge >= 0.3 is 5.82 Å². The fraction of sp³-hybridized carbons (Fsp3) is 0.500. The fourth-order valence-corrected chi connectivity index (χ4v) is 3.76. The zero-order valence-electron chi connectivity index (χ0n) is 9.57. The molecular formula is C10H13N3O4S. The maximum atomic E-state index is 11.3. The third-order valence-corrected chi connectivity index (χ3v) is 4.69. The Kier molecular flexibility index (Phi) is 3.46. The van der Waals surface area contributed by atoms with Crippen molar-refractivity contribution in [2.45, 2.75) is 6.42 Å². The summed E-state index contributed by atoms with van der Waals surface area (Å²) in [6.07, 6.45) is 2.04. The molecule has 1 fully saturated rings. The summed E-state index contributed by atoms with van der Waals surface area (Å²) >= 11 is 0. The van der Waals surface area contributed by atoms with E-state index in [2.05, 4.69) is 10.3 Å². The average molecular weight is 271 g/mol. The van der Waals surface area contributed by atoms with Crippen molar-refractivity contribution in [3.63, 3.8) is 0 Å². The molecule has 1 aromatic rings. The lowest BCUT2D eigenvalue weighted by Gasteiger charge is -2.09. The van der Waals surface area contributed by atoms with Gasteiger partial charge in [0.25, 0.3) is 0 Å². The highest BCUT2D eigenvalue weighted by molar-refractivity contribution is 7.91. The van der Waals surface area contributed by atoms with Crippen molar-refractivity contribution in [2.75, 3.05) is 23.4 Å². The molecule has 0 spiro atoms. The van der Waals surface area contributed by atoms with E-state index in [4.69, 9.17) is 0 Å². The van der Waals surface area contributed by atoms with Crippen LogP contribution in [-0.4, -0.2) is 36.4 Å². The Morgan fingerprint density at radius 2 is 2.28 bits per heavy atom. The van der Waals surface area contributed by atoms with Crippen molar-refractivity contribution in [1.82, 2.24) is 4.98 Å². The summed E-state index contributed by atoms with van der Waals surface area (Å²) in [6, 6.07) is 2.88. The summed E-state index contributed by atoms with van der Waals surface area (Å²) in [5, 5.41) is 13.4. The van der Waals surface area contributed by atoms with Crippen LogP contribution in [0, 0.1) is 16.0 Å². The average Bonchev–Trinajstić information content (AvgIpc) is 2.67. The zero-order valence-corrected chi connectivity index (χ0v) is 10.4. The number of hydrogen-bond donors (Lipinski definition) is 1. The maximum Gasteiger partial charge on any atom is 0.363 e. The molecule has 18 heavy (non-hydrogen) atoms. The highest BCUT2D eigenvalue weighted by atomic mass is 32.2. The number of sulfone groups is 1. The van der Waals surface area contributed by atoms with Gasteiger partial charge in [0.2, 0.25) is 0 Å². The van der Waals surface area contributed by atoms with E-state index in [1.54, 1.807) is 6.07 Å². The van der Waals surface area contributed by atoms with Crippen molar-refractivity contribution in [3.8, 4) is 0 Å². The van der Waals surface area contributed by atoms with Crippen LogP contribution in [0.2, 0.25) is 0 Å². The van der Waals surface area contributed by atoms with Crippen LogP contribution >= 0.6 is 0 Å². The highest BCUT2D eigenvalue weighted by Gasteiger charge is 2.27. The van der Waals surface area contributed by atoms with Gasteiger partial charge in [-0.25, -0.2) is 8.42 Å². The first-order valence-corrected chi connectivity index (χ1v) is 7.33. The molecule has 2 heterocycles. The molecule has 7 nitrogen and oxygen atoms in total. The molecule has 1 N–H and O–H groups in total. The molecule has 1 saturated heterocycles. The molecular weight excluding hydrogens is 258 g/mol. The smallest absolute Gasteiger partial charge is 0.363 e. The Bertz CT molecular complexity index is 541. The maximum absolute atomic E-state index is 11.3. The van der Waals surface area contributed by atoms with E-state index < -0.39 is 14.8 Å². The molecule has 98 valence electrons. The molecule has 8 heteroatoms. The minimum absolute atomic E-state index is 0.102. The number of rotatable bonds is 4. The Morgan fingerprint density at radius 3 is 2.78 bits per heavy atom. The number of nitrogens with one attached hydrogen (secondary N) is 1. The van der Waals surface area contributed by atoms with E-state index >= 15 is 0 Å². The first-order chi connectivity index (χ1) is 8.46. The topological polar surface area (TPSA) is 102 Å². The minimum Gasteiger partial charge on any atom is -0.382 e. The fourth-order valence-electron chi connectivity index (χ4n) is 1.89. The third-order valence-electron chi connectivity index (χ3n) is 2.86. The number of pyridine rings is 1. The van der Waals surface area contributed by atoms with E-state index in [1.807, 2.05) is 0 Å². The first kappa shape index (κ1) is 12.7. The van der Waals surface area contributed by atoms with Crippen LogP contribution in [0.5, 0.6) is 0 Å². The Morgan fingerprint density at radius 1 is 1.50 bits per heavy atom. The van der Waals surface area contributed by atoms with E-state index in [0.717, 1.165) is 0 Å². The van der Waals surface area contributed by atoms with Gasteiger partial charge in [0.1, 0.15) is 0 Å². The minimum atomic E-state index is -2.86. The third kappa shape index (κ3) is 3.16. The van der Waals surface area contributed by atoms with Crippen LogP contribution in [0.4, 0.5) is 11.5 Å². The Labute approximate surface area is 104 Å². The summed E-state index contributed by atoms with van der Waals surface area (Å²) in [6.45, 7) is 0.540. The molecule has 1 aliphatic rings. The predicted molar refractivity (Wildman–Crippen MR) is 66.1 cm³/mol. The standard InChI is InChI=1S/C10H13N3O4S/c14-13(15)10-2-1-9(6-12-10)11-5-8-3-4-18(16,17)7-8/h1-2,6,8,11H,3-5,7H2. The van der Waals surface area contributed by atoms with Gasteiger partial charge in [0.05, 0.1) is 17.2 Å². The number of hydrogen-bond acceptors (Lipinski definition) is 6. The lowest BCUT2D eigenvalue weighted by atomic mass is 10.1. The summed E-state index contributed by atoms with van der Waals surface area (Å²) in [5.74, 6) is 0.354. The number of nitrogens with zero attached hydrogens (tertiary/aromatic N) is 2. The van der Waals surface area contributed by atoms with Crippen LogP contribution in [0.1, 0.15) is 6.42 Å². The second kappa shape index (κ2) is 4.89. The van der Waals surface area contributed by atoms with Gasteiger partial charge < -0.3 is 15.4 Å². The van der Waals surface area contributed by atoms with Crippen LogP contribution in [0.3, 0.4) is 0 Å². The molecule has 1 aliphatic heterocycles. The zero-order chi connectivity index (χ0) is 13.2. The molecule has 1 aromatic heterocycles. The molecule has 0 saturated carbocycles. The van der Waals surface area contributed by atoms with Gasteiger partial charge in [0, 0.05) is 12.6 Å². The van der Waals surface area contributed by atoms with Gasteiger partial charge in [0.15, 0.2) is 16.0 Å². The summed E-state index contributed by atoms with van der Waals surface area (Å²) in [4.78, 5) is 13.5. The monoisotopic (exact) mass is 271 g/mol. The van der Waals surface area contributed by atoms with Crippen LogP contribution < -0.4 is 5.32 Å². The molecule has 0 aromatic carbocycles. The normalized spacial score (nSPS) is 21.7. The van der Waals surface area contributed by atoms with Crippen LogP contribution in [-0.2, 0) is 9.84 Å². The summed E-state index contributed by atoms with van der Waals surface area (Å²) < 4.78 is 22.5. The lowest BCUT2D eigenvalue weighted by molar-refractivity contribution is -0.389. The van der Waals surface area contributed by atoms with E-state index in [9.17, 15) is 18.5 Å². The van der Waals surface area contributed by atoms with Gasteiger partial charge in [-0.05, 0) is 28.3 Å². The molecule has 0 radical (unpaired) electrons. The number of nitro groups is 1. The van der Waals surface area contributed by atoms with Gasteiger partial charge in [-0.3, -0.25) is 0 Å². The van der Waals surface area contributed by atoms with Gasteiger partial charge in [-0.1, -0.05) is 0 Å². The van der Waals surface area contributed by atoms with Gasteiger partial charge in [-0.15, -0.1) is 0 Å². The van der Waals surface area contributed by atoms with E-state index in [-0.39, 0.29) is 23.2 Å². The summed E-state index contributed by atoms with van der Waals surface area (Å²) in [5.41, 5.74) is 0.657. The molecule has 1 atom stereocenters. The highest BCUT2D eigenvalue weighted by Crippen LogP contribution is 2.19. The van der Waals surface area contributed by atoms with Gasteiger partial charge in [-0.2, -0.15) is 0 Å². The van der Waals surface area contributed by atoms with Crippen molar-refractivity contribution in [2.24, 2.45) is 5.92 Å². The summed E-state index contributed by atoms with van der Waals surface area (Å²) in [7, 11) is -2.86. The van der Waals surface area contributed by atoms with E-state index in [1.165, 1.54) is 12.3 Å².